The number of hydrogen-bond donors (Lipinski definition) is 0. The molecule has 1 amide bonds. The lowest BCUT2D eigenvalue weighted by Crippen LogP contribution is -2.45. The molecule has 0 rings (SSSR count). The standard InChI is InChI=1S/C12H25NO2/c1-7-8-9-12(3,10(2)15-6)11(14)13(4)5/h10H,7-9H2,1-6H3/t10-,12?/m1/s1. The maximum atomic E-state index is 12.1. The number of nitrogens with zero attached hydrogens (tertiary/aromatic N) is 1. The summed E-state index contributed by atoms with van der Waals surface area (Å²) in [6, 6.07) is 0. The predicted octanol–water partition coefficient (Wildman–Crippen LogP) is 2.31. The maximum absolute atomic E-state index is 12.1. The highest BCUT2D eigenvalue weighted by atomic mass is 16.5. The lowest BCUT2D eigenvalue weighted by atomic mass is 9.78. The Labute approximate surface area is 93.8 Å². The van der Waals surface area contributed by atoms with Crippen molar-refractivity contribution in [3.8, 4) is 0 Å². The van der Waals surface area contributed by atoms with Gasteiger partial charge in [0.2, 0.25) is 5.91 Å². The molecule has 3 heteroatoms. The molecule has 3 nitrogen and oxygen atoms in total. The van der Waals surface area contributed by atoms with Crippen LogP contribution in [0, 0.1) is 5.41 Å². The molecular weight excluding hydrogens is 190 g/mol. The summed E-state index contributed by atoms with van der Waals surface area (Å²) in [6.45, 7) is 6.11. The summed E-state index contributed by atoms with van der Waals surface area (Å²) < 4.78 is 5.34. The number of hydrogen-bond acceptors (Lipinski definition) is 2. The van der Waals surface area contributed by atoms with Crippen LogP contribution in [0.4, 0.5) is 0 Å². The van der Waals surface area contributed by atoms with Crippen molar-refractivity contribution in [1.82, 2.24) is 4.90 Å². The predicted molar refractivity (Wildman–Crippen MR) is 62.8 cm³/mol. The van der Waals surface area contributed by atoms with Gasteiger partial charge in [0.15, 0.2) is 0 Å². The molecule has 0 aliphatic carbocycles. The van der Waals surface area contributed by atoms with E-state index in [0.29, 0.717) is 0 Å². The highest BCUT2D eigenvalue weighted by Gasteiger charge is 2.39. The lowest BCUT2D eigenvalue weighted by molar-refractivity contribution is -0.147. The first-order valence-corrected chi connectivity index (χ1v) is 5.64. The van der Waals surface area contributed by atoms with Gasteiger partial charge in [-0.15, -0.1) is 0 Å². The van der Waals surface area contributed by atoms with Gasteiger partial charge in [0.1, 0.15) is 0 Å². The molecule has 0 spiro atoms. The third-order valence-corrected chi connectivity index (χ3v) is 3.20. The molecule has 0 heterocycles. The highest BCUT2D eigenvalue weighted by Crippen LogP contribution is 2.31. The van der Waals surface area contributed by atoms with Crippen LogP contribution < -0.4 is 0 Å². The van der Waals surface area contributed by atoms with E-state index >= 15 is 0 Å². The number of methoxy groups -OCH3 is 1. The van der Waals surface area contributed by atoms with Crippen LogP contribution in [0.3, 0.4) is 0 Å². The van der Waals surface area contributed by atoms with Crippen LogP contribution >= 0.6 is 0 Å². The Morgan fingerprint density at radius 3 is 2.33 bits per heavy atom. The minimum atomic E-state index is -0.395. The van der Waals surface area contributed by atoms with Gasteiger partial charge in [-0.1, -0.05) is 19.8 Å². The SMILES string of the molecule is CCCCC(C)(C(=O)N(C)C)[C@@H](C)OC. The van der Waals surface area contributed by atoms with Crippen LogP contribution in [0.15, 0.2) is 0 Å². The summed E-state index contributed by atoms with van der Waals surface area (Å²) in [5, 5.41) is 0. The van der Waals surface area contributed by atoms with Gasteiger partial charge in [-0.05, 0) is 20.3 Å². The Morgan fingerprint density at radius 1 is 1.47 bits per heavy atom. The van der Waals surface area contributed by atoms with Gasteiger partial charge in [0.05, 0.1) is 11.5 Å². The molecule has 0 bridgehead atoms. The van der Waals surface area contributed by atoms with E-state index in [-0.39, 0.29) is 12.0 Å². The van der Waals surface area contributed by atoms with E-state index in [4.69, 9.17) is 4.74 Å². The van der Waals surface area contributed by atoms with Crippen LogP contribution in [-0.4, -0.2) is 38.1 Å². The molecule has 0 aliphatic rings. The Bertz CT molecular complexity index is 204. The first-order valence-electron chi connectivity index (χ1n) is 5.64. The van der Waals surface area contributed by atoms with E-state index in [1.165, 1.54) is 0 Å². The van der Waals surface area contributed by atoms with Crippen molar-refractivity contribution in [2.24, 2.45) is 5.41 Å². The van der Waals surface area contributed by atoms with Crippen molar-refractivity contribution in [2.45, 2.75) is 46.1 Å². The summed E-state index contributed by atoms with van der Waals surface area (Å²) in [7, 11) is 5.27. The molecule has 0 N–H and O–H groups in total. The van der Waals surface area contributed by atoms with E-state index in [0.717, 1.165) is 19.3 Å². The Morgan fingerprint density at radius 2 is 2.00 bits per heavy atom. The third-order valence-electron chi connectivity index (χ3n) is 3.20. The summed E-state index contributed by atoms with van der Waals surface area (Å²) in [6.07, 6.45) is 3.01. The fourth-order valence-corrected chi connectivity index (χ4v) is 1.80. The van der Waals surface area contributed by atoms with Crippen LogP contribution in [0.1, 0.15) is 40.0 Å². The van der Waals surface area contributed by atoms with Gasteiger partial charge in [-0.3, -0.25) is 4.79 Å². The first-order chi connectivity index (χ1) is 6.90. The molecule has 0 fully saturated rings. The summed E-state index contributed by atoms with van der Waals surface area (Å²) in [5.74, 6) is 0.158. The van der Waals surface area contributed by atoms with E-state index in [9.17, 15) is 4.79 Å². The van der Waals surface area contributed by atoms with Crippen molar-refractivity contribution >= 4 is 5.91 Å². The molecule has 15 heavy (non-hydrogen) atoms. The summed E-state index contributed by atoms with van der Waals surface area (Å²) in [4.78, 5) is 13.8. The fraction of sp³-hybridized carbons (Fsp3) is 0.917. The number of unbranched alkanes of at least 4 members (excludes halogenated alkanes) is 1. The van der Waals surface area contributed by atoms with Crippen molar-refractivity contribution in [3.05, 3.63) is 0 Å². The maximum Gasteiger partial charge on any atom is 0.230 e. The van der Waals surface area contributed by atoms with Gasteiger partial charge >= 0.3 is 0 Å². The first kappa shape index (κ1) is 14.4. The topological polar surface area (TPSA) is 29.5 Å². The normalized spacial score (nSPS) is 16.9. The smallest absolute Gasteiger partial charge is 0.230 e. The largest absolute Gasteiger partial charge is 0.381 e. The van der Waals surface area contributed by atoms with Gasteiger partial charge in [-0.25, -0.2) is 0 Å². The van der Waals surface area contributed by atoms with Gasteiger partial charge in [-0.2, -0.15) is 0 Å². The second kappa shape index (κ2) is 6.11. The fourth-order valence-electron chi connectivity index (χ4n) is 1.80. The second-order valence-corrected chi connectivity index (χ2v) is 4.60. The van der Waals surface area contributed by atoms with E-state index < -0.39 is 5.41 Å². The van der Waals surface area contributed by atoms with Crippen molar-refractivity contribution in [1.29, 1.82) is 0 Å². The van der Waals surface area contributed by atoms with Crippen molar-refractivity contribution in [3.63, 3.8) is 0 Å². The summed E-state index contributed by atoms with van der Waals surface area (Å²) in [5.41, 5.74) is -0.395. The second-order valence-electron chi connectivity index (χ2n) is 4.60. The van der Waals surface area contributed by atoms with Crippen molar-refractivity contribution in [2.75, 3.05) is 21.2 Å². The van der Waals surface area contributed by atoms with Gasteiger partial charge in [0, 0.05) is 21.2 Å². The lowest BCUT2D eigenvalue weighted by Gasteiger charge is -2.35. The molecule has 0 radical (unpaired) electrons. The van der Waals surface area contributed by atoms with E-state index in [1.807, 2.05) is 13.8 Å². The number of ether oxygens (including phenoxy) is 1. The average molecular weight is 215 g/mol. The van der Waals surface area contributed by atoms with Crippen LogP contribution in [0.2, 0.25) is 0 Å². The molecule has 90 valence electrons. The number of rotatable bonds is 6. The van der Waals surface area contributed by atoms with E-state index in [1.54, 1.807) is 26.1 Å². The Balaban J connectivity index is 4.76. The van der Waals surface area contributed by atoms with Crippen LogP contribution in [0.5, 0.6) is 0 Å². The van der Waals surface area contributed by atoms with Crippen molar-refractivity contribution < 1.29 is 9.53 Å². The molecule has 0 aliphatic heterocycles. The molecule has 0 saturated heterocycles. The zero-order valence-corrected chi connectivity index (χ0v) is 11.0. The monoisotopic (exact) mass is 215 g/mol. The molecule has 1 unspecified atom stereocenters. The third kappa shape index (κ3) is 3.49. The molecule has 0 aromatic rings. The molecule has 2 atom stereocenters. The Kier molecular flexibility index (Phi) is 5.88. The zero-order valence-electron chi connectivity index (χ0n) is 11.0. The van der Waals surface area contributed by atoms with Crippen LogP contribution in [0.25, 0.3) is 0 Å². The zero-order chi connectivity index (χ0) is 12.1. The number of amides is 1. The average Bonchev–Trinajstić information content (AvgIpc) is 2.23. The molecule has 0 aromatic heterocycles. The molecule has 0 saturated carbocycles. The molecular formula is C12H25NO2. The molecule has 0 aromatic carbocycles. The van der Waals surface area contributed by atoms with Gasteiger partial charge < -0.3 is 9.64 Å². The van der Waals surface area contributed by atoms with E-state index in [2.05, 4.69) is 6.92 Å². The quantitative estimate of drug-likeness (QED) is 0.680. The minimum absolute atomic E-state index is 0.0426. The Hall–Kier alpha value is -0.570. The minimum Gasteiger partial charge on any atom is -0.381 e. The number of carbonyl (C=O) groups excluding carboxylic acids is 1. The van der Waals surface area contributed by atoms with Gasteiger partial charge in [0.25, 0.3) is 0 Å². The number of carbonyl (C=O) groups is 1. The highest BCUT2D eigenvalue weighted by molar-refractivity contribution is 5.82. The summed E-state index contributed by atoms with van der Waals surface area (Å²) >= 11 is 0. The van der Waals surface area contributed by atoms with Crippen LogP contribution in [-0.2, 0) is 9.53 Å².